The van der Waals surface area contributed by atoms with Gasteiger partial charge in [-0.3, -0.25) is 4.79 Å². The van der Waals surface area contributed by atoms with Crippen molar-refractivity contribution >= 4 is 40.9 Å². The van der Waals surface area contributed by atoms with Crippen molar-refractivity contribution in [2.24, 2.45) is 0 Å². The second-order valence-corrected chi connectivity index (χ2v) is 7.28. The lowest BCUT2D eigenvalue weighted by molar-refractivity contribution is -0.127. The van der Waals surface area contributed by atoms with Crippen LogP contribution in [0.1, 0.15) is 12.5 Å². The first-order valence-corrected chi connectivity index (χ1v) is 9.29. The number of aryl methyl sites for hydroxylation is 1. The van der Waals surface area contributed by atoms with Crippen molar-refractivity contribution in [3.05, 3.63) is 58.1 Å². The monoisotopic (exact) mass is 383 g/mol. The minimum Gasteiger partial charge on any atom is -0.481 e. The van der Waals surface area contributed by atoms with Gasteiger partial charge < -0.3 is 10.1 Å². The van der Waals surface area contributed by atoms with Crippen LogP contribution in [0.15, 0.2) is 47.4 Å². The van der Waals surface area contributed by atoms with E-state index in [4.69, 9.17) is 27.9 Å². The van der Waals surface area contributed by atoms with Crippen molar-refractivity contribution < 1.29 is 9.53 Å². The third-order valence-corrected chi connectivity index (χ3v) is 4.98. The fourth-order valence-corrected chi connectivity index (χ4v) is 2.98. The predicted octanol–water partition coefficient (Wildman–Crippen LogP) is 4.98. The van der Waals surface area contributed by atoms with Crippen LogP contribution >= 0.6 is 35.0 Å². The van der Waals surface area contributed by atoms with Crippen LogP contribution in [0.3, 0.4) is 0 Å². The minimum absolute atomic E-state index is 0.140. The summed E-state index contributed by atoms with van der Waals surface area (Å²) in [6.45, 7) is 4.19. The molecule has 0 heterocycles. The van der Waals surface area contributed by atoms with Gasteiger partial charge in [0.2, 0.25) is 0 Å². The van der Waals surface area contributed by atoms with Crippen LogP contribution in [0.25, 0.3) is 0 Å². The Morgan fingerprint density at radius 1 is 1.21 bits per heavy atom. The summed E-state index contributed by atoms with van der Waals surface area (Å²) in [5.74, 6) is 1.27. The van der Waals surface area contributed by atoms with Crippen LogP contribution < -0.4 is 10.1 Å². The van der Waals surface area contributed by atoms with Crippen molar-refractivity contribution in [3.63, 3.8) is 0 Å². The minimum atomic E-state index is -0.564. The predicted molar refractivity (Wildman–Crippen MR) is 101 cm³/mol. The fraction of sp³-hybridized carbons (Fsp3) is 0.278. The van der Waals surface area contributed by atoms with E-state index in [9.17, 15) is 4.79 Å². The van der Waals surface area contributed by atoms with E-state index in [1.165, 1.54) is 0 Å². The van der Waals surface area contributed by atoms with E-state index < -0.39 is 6.10 Å². The normalized spacial score (nSPS) is 11.8. The number of ether oxygens (including phenoxy) is 1. The van der Waals surface area contributed by atoms with E-state index >= 15 is 0 Å². The van der Waals surface area contributed by atoms with Crippen LogP contribution in [0, 0.1) is 6.92 Å². The van der Waals surface area contributed by atoms with Crippen LogP contribution in [0.5, 0.6) is 5.75 Å². The SMILES string of the molecule is Cc1cc(O[C@H](C)C(=O)NCCSc2ccc(Cl)cc2)ccc1Cl. The van der Waals surface area contributed by atoms with Crippen LogP contribution in [-0.2, 0) is 4.79 Å². The molecule has 24 heavy (non-hydrogen) atoms. The molecule has 2 aromatic carbocycles. The van der Waals surface area contributed by atoms with Crippen LogP contribution in [0.2, 0.25) is 10.0 Å². The van der Waals surface area contributed by atoms with E-state index in [0.717, 1.165) is 21.2 Å². The molecule has 0 aliphatic rings. The molecule has 1 atom stereocenters. The number of nitrogens with one attached hydrogen (secondary N) is 1. The van der Waals surface area contributed by atoms with Gasteiger partial charge in [0.25, 0.3) is 5.91 Å². The number of hydrogen-bond donors (Lipinski definition) is 1. The summed E-state index contributed by atoms with van der Waals surface area (Å²) in [4.78, 5) is 13.2. The number of thioether (sulfide) groups is 1. The molecule has 0 saturated carbocycles. The standard InChI is InChI=1S/C18H19Cl2NO2S/c1-12-11-15(5-8-17(12)20)23-13(2)18(22)21-9-10-24-16-6-3-14(19)4-7-16/h3-8,11,13H,9-10H2,1-2H3,(H,21,22)/t13-/m1/s1. The van der Waals surface area contributed by atoms with E-state index in [0.29, 0.717) is 17.3 Å². The number of rotatable bonds is 7. The van der Waals surface area contributed by atoms with Gasteiger partial charge in [-0.2, -0.15) is 0 Å². The van der Waals surface area contributed by atoms with E-state index in [-0.39, 0.29) is 5.91 Å². The number of carbonyl (C=O) groups is 1. The van der Waals surface area contributed by atoms with Gasteiger partial charge >= 0.3 is 0 Å². The van der Waals surface area contributed by atoms with Crippen molar-refractivity contribution in [1.29, 1.82) is 0 Å². The molecule has 0 fully saturated rings. The number of halogens is 2. The van der Waals surface area contributed by atoms with Crippen molar-refractivity contribution in [1.82, 2.24) is 5.32 Å². The molecule has 0 aliphatic heterocycles. The molecule has 128 valence electrons. The lowest BCUT2D eigenvalue weighted by Crippen LogP contribution is -2.37. The third kappa shape index (κ3) is 5.93. The van der Waals surface area contributed by atoms with E-state index in [1.54, 1.807) is 30.8 Å². The second-order valence-electron chi connectivity index (χ2n) is 5.26. The largest absolute Gasteiger partial charge is 0.481 e. The van der Waals surface area contributed by atoms with Gasteiger partial charge in [-0.15, -0.1) is 11.8 Å². The molecule has 0 spiro atoms. The van der Waals surface area contributed by atoms with E-state index in [1.807, 2.05) is 37.3 Å². The molecule has 2 rings (SSSR count). The van der Waals surface area contributed by atoms with Gasteiger partial charge in [0.1, 0.15) is 5.75 Å². The zero-order chi connectivity index (χ0) is 17.5. The van der Waals surface area contributed by atoms with Gasteiger partial charge in [0.05, 0.1) is 0 Å². The Morgan fingerprint density at radius 2 is 1.92 bits per heavy atom. The fourth-order valence-electron chi connectivity index (χ4n) is 1.97. The maximum absolute atomic E-state index is 12.1. The molecule has 6 heteroatoms. The summed E-state index contributed by atoms with van der Waals surface area (Å²) in [6.07, 6.45) is -0.564. The Bertz CT molecular complexity index is 692. The topological polar surface area (TPSA) is 38.3 Å². The van der Waals surface area contributed by atoms with Gasteiger partial charge in [0.15, 0.2) is 6.10 Å². The molecular formula is C18H19Cl2NO2S. The Labute approximate surface area is 156 Å². The molecule has 0 saturated heterocycles. The van der Waals surface area contributed by atoms with Crippen LogP contribution in [0.4, 0.5) is 0 Å². The molecule has 3 nitrogen and oxygen atoms in total. The van der Waals surface area contributed by atoms with Crippen molar-refractivity contribution in [2.45, 2.75) is 24.8 Å². The first kappa shape index (κ1) is 19.0. The maximum atomic E-state index is 12.1. The molecule has 0 aromatic heterocycles. The quantitative estimate of drug-likeness (QED) is 0.541. The first-order chi connectivity index (χ1) is 11.5. The number of carbonyl (C=O) groups excluding carboxylic acids is 1. The summed E-state index contributed by atoms with van der Waals surface area (Å²) in [5, 5.41) is 4.27. The summed E-state index contributed by atoms with van der Waals surface area (Å²) in [7, 11) is 0. The molecule has 0 radical (unpaired) electrons. The molecule has 1 N–H and O–H groups in total. The maximum Gasteiger partial charge on any atom is 0.260 e. The molecule has 0 unspecified atom stereocenters. The van der Waals surface area contributed by atoms with E-state index in [2.05, 4.69) is 5.32 Å². The molecular weight excluding hydrogens is 365 g/mol. The summed E-state index contributed by atoms with van der Waals surface area (Å²) >= 11 is 13.5. The van der Waals surface area contributed by atoms with Crippen molar-refractivity contribution in [3.8, 4) is 5.75 Å². The highest BCUT2D eigenvalue weighted by Gasteiger charge is 2.14. The molecule has 0 aliphatic carbocycles. The number of hydrogen-bond acceptors (Lipinski definition) is 3. The average Bonchev–Trinajstić information content (AvgIpc) is 2.56. The summed E-state index contributed by atoms with van der Waals surface area (Å²) in [6, 6.07) is 13.0. The average molecular weight is 384 g/mol. The lowest BCUT2D eigenvalue weighted by Gasteiger charge is -2.15. The van der Waals surface area contributed by atoms with Gasteiger partial charge in [0, 0.05) is 27.2 Å². The summed E-state index contributed by atoms with van der Waals surface area (Å²) in [5.41, 5.74) is 0.918. The highest BCUT2D eigenvalue weighted by Crippen LogP contribution is 2.22. The second kappa shape index (κ2) is 9.21. The molecule has 2 aromatic rings. The highest BCUT2D eigenvalue weighted by atomic mass is 35.5. The zero-order valence-electron chi connectivity index (χ0n) is 13.5. The number of benzene rings is 2. The Kier molecular flexibility index (Phi) is 7.28. The van der Waals surface area contributed by atoms with Gasteiger partial charge in [-0.05, 0) is 61.9 Å². The molecule has 0 bridgehead atoms. The third-order valence-electron chi connectivity index (χ3n) is 3.30. The lowest BCUT2D eigenvalue weighted by atomic mass is 10.2. The highest BCUT2D eigenvalue weighted by molar-refractivity contribution is 7.99. The summed E-state index contributed by atoms with van der Waals surface area (Å²) < 4.78 is 5.65. The zero-order valence-corrected chi connectivity index (χ0v) is 15.8. The molecule has 1 amide bonds. The Morgan fingerprint density at radius 3 is 2.58 bits per heavy atom. The smallest absolute Gasteiger partial charge is 0.260 e. The Balaban J connectivity index is 1.73. The van der Waals surface area contributed by atoms with Crippen LogP contribution in [-0.4, -0.2) is 24.3 Å². The Hall–Kier alpha value is -1.36. The van der Waals surface area contributed by atoms with Gasteiger partial charge in [-0.25, -0.2) is 0 Å². The van der Waals surface area contributed by atoms with Crippen molar-refractivity contribution in [2.75, 3.05) is 12.3 Å². The number of amides is 1. The first-order valence-electron chi connectivity index (χ1n) is 7.54. The van der Waals surface area contributed by atoms with Gasteiger partial charge in [-0.1, -0.05) is 23.2 Å².